The number of para-hydroxylation sites is 1. The number of alkyl halides is 1. The molecule has 0 N–H and O–H groups in total. The van der Waals surface area contributed by atoms with Crippen molar-refractivity contribution in [3.8, 4) is 5.75 Å². The van der Waals surface area contributed by atoms with E-state index in [4.69, 9.17) is 27.9 Å². The standard InChI is InChI=1S/C15H11Cl2NOS/c16-8-10-7-11(17)5-6-13(10)19-9-15-18-12-3-1-2-4-14(12)20-15/h1-7H,8-9H2. The molecule has 3 rings (SSSR count). The fourth-order valence-electron chi connectivity index (χ4n) is 1.91. The number of benzene rings is 2. The van der Waals surface area contributed by atoms with E-state index in [2.05, 4.69) is 11.1 Å². The van der Waals surface area contributed by atoms with Crippen molar-refractivity contribution >= 4 is 44.8 Å². The molecule has 0 unspecified atom stereocenters. The highest BCUT2D eigenvalue weighted by Gasteiger charge is 2.07. The Bertz CT molecular complexity index is 709. The lowest BCUT2D eigenvalue weighted by atomic mass is 10.2. The number of thiazole rings is 1. The van der Waals surface area contributed by atoms with Gasteiger partial charge in [0.25, 0.3) is 0 Å². The minimum absolute atomic E-state index is 0.371. The molecule has 0 atom stereocenters. The molecule has 0 aliphatic carbocycles. The number of hydrogen-bond donors (Lipinski definition) is 0. The Morgan fingerprint density at radius 3 is 2.80 bits per heavy atom. The van der Waals surface area contributed by atoms with E-state index in [0.29, 0.717) is 17.5 Å². The Balaban J connectivity index is 1.79. The molecule has 102 valence electrons. The summed E-state index contributed by atoms with van der Waals surface area (Å²) in [6, 6.07) is 13.5. The first-order chi connectivity index (χ1) is 9.76. The second-order valence-corrected chi connectivity index (χ2v) is 6.07. The molecule has 0 amide bonds. The number of nitrogens with zero attached hydrogens (tertiary/aromatic N) is 1. The molecule has 2 nitrogen and oxygen atoms in total. The summed E-state index contributed by atoms with van der Waals surface area (Å²) in [5.74, 6) is 1.12. The summed E-state index contributed by atoms with van der Waals surface area (Å²) >= 11 is 13.5. The van der Waals surface area contributed by atoms with Crippen LogP contribution in [0.15, 0.2) is 42.5 Å². The van der Waals surface area contributed by atoms with E-state index in [1.54, 1.807) is 17.4 Å². The highest BCUT2D eigenvalue weighted by atomic mass is 35.5. The molecule has 0 spiro atoms. The molecule has 0 saturated heterocycles. The zero-order valence-corrected chi connectivity index (χ0v) is 12.8. The van der Waals surface area contributed by atoms with Gasteiger partial charge < -0.3 is 4.74 Å². The number of hydrogen-bond acceptors (Lipinski definition) is 3. The molecule has 1 aromatic heterocycles. The van der Waals surface area contributed by atoms with Crippen molar-refractivity contribution in [1.29, 1.82) is 0 Å². The number of ether oxygens (including phenoxy) is 1. The van der Waals surface area contributed by atoms with E-state index in [-0.39, 0.29) is 0 Å². The number of aromatic nitrogens is 1. The molecule has 0 aliphatic heterocycles. The lowest BCUT2D eigenvalue weighted by molar-refractivity contribution is 0.303. The molecule has 5 heteroatoms. The Labute approximate surface area is 130 Å². The molecule has 0 bridgehead atoms. The summed E-state index contributed by atoms with van der Waals surface area (Å²) < 4.78 is 6.97. The Morgan fingerprint density at radius 2 is 2.00 bits per heavy atom. The summed E-state index contributed by atoms with van der Waals surface area (Å²) in [6.45, 7) is 0.435. The molecule has 0 aliphatic rings. The van der Waals surface area contributed by atoms with Crippen LogP contribution in [0, 0.1) is 0 Å². The molecular formula is C15H11Cl2NOS. The van der Waals surface area contributed by atoms with E-state index in [9.17, 15) is 0 Å². The van der Waals surface area contributed by atoms with Crippen LogP contribution < -0.4 is 4.74 Å². The summed E-state index contributed by atoms with van der Waals surface area (Å²) in [5.41, 5.74) is 1.89. The average Bonchev–Trinajstić information content (AvgIpc) is 2.88. The van der Waals surface area contributed by atoms with Gasteiger partial charge >= 0.3 is 0 Å². The quantitative estimate of drug-likeness (QED) is 0.610. The van der Waals surface area contributed by atoms with Gasteiger partial charge in [-0.1, -0.05) is 23.7 Å². The van der Waals surface area contributed by atoms with Crippen LogP contribution in [-0.4, -0.2) is 4.98 Å². The average molecular weight is 324 g/mol. The maximum Gasteiger partial charge on any atom is 0.140 e. The fourth-order valence-corrected chi connectivity index (χ4v) is 3.20. The predicted octanol–water partition coefficient (Wildman–Crippen LogP) is 5.27. The minimum atomic E-state index is 0.371. The van der Waals surface area contributed by atoms with Crippen LogP contribution in [0.1, 0.15) is 10.6 Å². The van der Waals surface area contributed by atoms with Crippen molar-refractivity contribution in [3.05, 3.63) is 58.1 Å². The molecule has 0 radical (unpaired) electrons. The monoisotopic (exact) mass is 323 g/mol. The molecular weight excluding hydrogens is 313 g/mol. The summed E-state index contributed by atoms with van der Waals surface area (Å²) in [5, 5.41) is 1.61. The fraction of sp³-hybridized carbons (Fsp3) is 0.133. The van der Waals surface area contributed by atoms with Crippen LogP contribution >= 0.6 is 34.5 Å². The third kappa shape index (κ3) is 2.90. The van der Waals surface area contributed by atoms with Crippen molar-refractivity contribution in [2.24, 2.45) is 0 Å². The van der Waals surface area contributed by atoms with Crippen LogP contribution in [0.2, 0.25) is 5.02 Å². The Morgan fingerprint density at radius 1 is 1.15 bits per heavy atom. The SMILES string of the molecule is ClCc1cc(Cl)ccc1OCc1nc2ccccc2s1. The van der Waals surface area contributed by atoms with Gasteiger partial charge in [-0.15, -0.1) is 22.9 Å². The first-order valence-corrected chi connectivity index (χ1v) is 7.81. The van der Waals surface area contributed by atoms with Crippen molar-refractivity contribution in [2.45, 2.75) is 12.5 Å². The van der Waals surface area contributed by atoms with Gasteiger partial charge in [0.05, 0.1) is 16.1 Å². The van der Waals surface area contributed by atoms with Crippen molar-refractivity contribution < 1.29 is 4.74 Å². The Kier molecular flexibility index (Phi) is 4.10. The van der Waals surface area contributed by atoms with E-state index in [0.717, 1.165) is 21.8 Å². The van der Waals surface area contributed by atoms with Crippen molar-refractivity contribution in [2.75, 3.05) is 0 Å². The van der Waals surface area contributed by atoms with Crippen LogP contribution in [0.3, 0.4) is 0 Å². The van der Waals surface area contributed by atoms with Crippen LogP contribution in [-0.2, 0) is 12.5 Å². The lowest BCUT2D eigenvalue weighted by Crippen LogP contribution is -1.97. The largest absolute Gasteiger partial charge is 0.486 e. The first kappa shape index (κ1) is 13.7. The smallest absolute Gasteiger partial charge is 0.140 e. The second-order valence-electron chi connectivity index (χ2n) is 4.25. The van der Waals surface area contributed by atoms with Crippen LogP contribution in [0.5, 0.6) is 5.75 Å². The van der Waals surface area contributed by atoms with Gasteiger partial charge in [-0.25, -0.2) is 4.98 Å². The van der Waals surface area contributed by atoms with Gasteiger partial charge in [-0.3, -0.25) is 0 Å². The number of rotatable bonds is 4. The summed E-state index contributed by atoms with van der Waals surface area (Å²) in [6.07, 6.45) is 0. The maximum atomic E-state index is 5.94. The van der Waals surface area contributed by atoms with Crippen molar-refractivity contribution in [3.63, 3.8) is 0 Å². The van der Waals surface area contributed by atoms with E-state index in [1.807, 2.05) is 30.3 Å². The van der Waals surface area contributed by atoms with Gasteiger partial charge in [-0.05, 0) is 30.3 Å². The van der Waals surface area contributed by atoms with Gasteiger partial charge in [0.1, 0.15) is 17.4 Å². The van der Waals surface area contributed by atoms with Gasteiger partial charge in [0, 0.05) is 10.6 Å². The number of halogens is 2. The van der Waals surface area contributed by atoms with Crippen LogP contribution in [0.25, 0.3) is 10.2 Å². The van der Waals surface area contributed by atoms with E-state index >= 15 is 0 Å². The third-order valence-corrected chi connectivity index (χ3v) is 4.39. The highest BCUT2D eigenvalue weighted by Crippen LogP contribution is 2.27. The second kappa shape index (κ2) is 6.00. The molecule has 20 heavy (non-hydrogen) atoms. The van der Waals surface area contributed by atoms with Gasteiger partial charge in [0.15, 0.2) is 0 Å². The van der Waals surface area contributed by atoms with Gasteiger partial charge in [0.2, 0.25) is 0 Å². The molecule has 2 aromatic carbocycles. The van der Waals surface area contributed by atoms with Crippen LogP contribution in [0.4, 0.5) is 0 Å². The maximum absolute atomic E-state index is 5.94. The zero-order valence-electron chi connectivity index (χ0n) is 10.5. The van der Waals surface area contributed by atoms with Crippen molar-refractivity contribution in [1.82, 2.24) is 4.98 Å². The predicted molar refractivity (Wildman–Crippen MR) is 85.0 cm³/mol. The molecule has 3 aromatic rings. The minimum Gasteiger partial charge on any atom is -0.486 e. The Hall–Kier alpha value is -1.29. The molecule has 0 saturated carbocycles. The normalized spacial score (nSPS) is 10.9. The molecule has 0 fully saturated rings. The number of fused-ring (bicyclic) bond motifs is 1. The third-order valence-electron chi connectivity index (χ3n) is 2.86. The zero-order chi connectivity index (χ0) is 13.9. The molecule has 1 heterocycles. The van der Waals surface area contributed by atoms with E-state index in [1.165, 1.54) is 4.70 Å². The topological polar surface area (TPSA) is 22.1 Å². The summed E-state index contributed by atoms with van der Waals surface area (Å²) in [4.78, 5) is 4.54. The highest BCUT2D eigenvalue weighted by molar-refractivity contribution is 7.18. The van der Waals surface area contributed by atoms with Gasteiger partial charge in [-0.2, -0.15) is 0 Å². The summed E-state index contributed by atoms with van der Waals surface area (Å²) in [7, 11) is 0. The lowest BCUT2D eigenvalue weighted by Gasteiger charge is -2.08. The van der Waals surface area contributed by atoms with E-state index < -0.39 is 0 Å². The first-order valence-electron chi connectivity index (χ1n) is 6.08.